The molecule has 9 nitrogen and oxygen atoms in total. The fourth-order valence-electron chi connectivity index (χ4n) is 3.43. The minimum absolute atomic E-state index is 0.0102. The van der Waals surface area contributed by atoms with Crippen LogP contribution in [0.15, 0.2) is 58.4 Å². The third kappa shape index (κ3) is 3.81. The summed E-state index contributed by atoms with van der Waals surface area (Å²) in [4.78, 5) is 42.3. The molecule has 1 atom stereocenters. The molecule has 0 radical (unpaired) electrons. The van der Waals surface area contributed by atoms with Crippen LogP contribution in [0.25, 0.3) is 0 Å². The Bertz CT molecular complexity index is 1190. The minimum atomic E-state index is -3.69. The van der Waals surface area contributed by atoms with Crippen LogP contribution in [0.1, 0.15) is 39.6 Å². The monoisotopic (exact) mass is 441 g/mol. The summed E-state index contributed by atoms with van der Waals surface area (Å²) in [6.45, 7) is 1.61. The van der Waals surface area contributed by atoms with Crippen LogP contribution in [0.4, 0.5) is 0 Å². The number of ether oxygens (including phenoxy) is 1. The fraction of sp³-hybridized carbons (Fsp3) is 0.238. The number of esters is 1. The number of amides is 2. The third-order valence-corrected chi connectivity index (χ3v) is 6.37. The maximum absolute atomic E-state index is 12.3. The van der Waals surface area contributed by atoms with E-state index in [-0.39, 0.29) is 42.1 Å². The smallest absolute Gasteiger partial charge is 0.330 e. The highest BCUT2D eigenvalue weighted by molar-refractivity contribution is 7.90. The maximum atomic E-state index is 12.3. The van der Waals surface area contributed by atoms with Gasteiger partial charge in [0.05, 0.1) is 22.6 Å². The molecule has 2 heterocycles. The van der Waals surface area contributed by atoms with E-state index in [4.69, 9.17) is 4.74 Å². The van der Waals surface area contributed by atoms with Gasteiger partial charge in [-0.1, -0.05) is 24.3 Å². The average Bonchev–Trinajstić information content (AvgIpc) is 3.16. The van der Waals surface area contributed by atoms with Gasteiger partial charge in [-0.25, -0.2) is 13.2 Å². The lowest BCUT2D eigenvalue weighted by atomic mass is 10.1. The molecule has 2 aliphatic rings. The van der Waals surface area contributed by atoms with E-state index in [1.807, 2.05) is 0 Å². The summed E-state index contributed by atoms with van der Waals surface area (Å²) >= 11 is 0. The summed E-state index contributed by atoms with van der Waals surface area (Å²) in [6, 6.07) is 12.0. The van der Waals surface area contributed by atoms with Crippen LogP contribution < -0.4 is 4.72 Å². The molecule has 4 rings (SSSR count). The van der Waals surface area contributed by atoms with Gasteiger partial charge in [-0.3, -0.25) is 24.2 Å². The molecular formula is C21H19N3O6S. The van der Waals surface area contributed by atoms with E-state index < -0.39 is 22.0 Å². The number of benzene rings is 2. The highest BCUT2D eigenvalue weighted by Gasteiger charge is 2.35. The Morgan fingerprint density at radius 3 is 2.26 bits per heavy atom. The first-order chi connectivity index (χ1) is 14.8. The number of imide groups is 1. The molecule has 0 saturated heterocycles. The molecule has 0 spiro atoms. The lowest BCUT2D eigenvalue weighted by Gasteiger charge is -2.14. The van der Waals surface area contributed by atoms with E-state index in [0.29, 0.717) is 16.7 Å². The number of carbonyl (C=O) groups excluding carboxylic acids is 3. The number of sulfonamides is 1. The first-order valence-corrected chi connectivity index (χ1v) is 11.1. The average molecular weight is 441 g/mol. The van der Waals surface area contributed by atoms with Gasteiger partial charge in [-0.2, -0.15) is 0 Å². The molecule has 0 aromatic heterocycles. The Kier molecular flexibility index (Phi) is 5.32. The van der Waals surface area contributed by atoms with Crippen LogP contribution in [0.2, 0.25) is 0 Å². The van der Waals surface area contributed by atoms with Crippen molar-refractivity contribution >= 4 is 33.6 Å². The van der Waals surface area contributed by atoms with Gasteiger partial charge in [0.2, 0.25) is 0 Å². The van der Waals surface area contributed by atoms with Gasteiger partial charge < -0.3 is 4.74 Å². The van der Waals surface area contributed by atoms with E-state index in [1.165, 1.54) is 13.0 Å². The zero-order valence-electron chi connectivity index (χ0n) is 16.6. The summed E-state index contributed by atoms with van der Waals surface area (Å²) in [5.74, 6) is -1.28. The van der Waals surface area contributed by atoms with E-state index in [0.717, 1.165) is 4.90 Å². The molecule has 160 valence electrons. The first-order valence-electron chi connectivity index (χ1n) is 9.61. The Balaban J connectivity index is 1.32. The summed E-state index contributed by atoms with van der Waals surface area (Å²) in [5.41, 5.74) is 1.13. The van der Waals surface area contributed by atoms with Gasteiger partial charge in [-0.15, -0.1) is 0 Å². The topological polar surface area (TPSA) is 122 Å². The number of nitrogens with one attached hydrogen (secondary N) is 1. The zero-order chi connectivity index (χ0) is 22.2. The van der Waals surface area contributed by atoms with Gasteiger partial charge in [0.25, 0.3) is 21.8 Å². The van der Waals surface area contributed by atoms with Crippen LogP contribution in [0.3, 0.4) is 0 Å². The van der Waals surface area contributed by atoms with Crippen molar-refractivity contribution in [2.45, 2.75) is 24.3 Å². The Morgan fingerprint density at radius 2 is 1.61 bits per heavy atom. The number of amidine groups is 1. The van der Waals surface area contributed by atoms with E-state index in [1.54, 1.807) is 42.5 Å². The van der Waals surface area contributed by atoms with Crippen molar-refractivity contribution in [1.82, 2.24) is 9.62 Å². The summed E-state index contributed by atoms with van der Waals surface area (Å²) < 4.78 is 31.8. The molecule has 0 fully saturated rings. The number of fused-ring (bicyclic) bond motifs is 2. The SMILES string of the molecule is C[C@H](N=C1NS(=O)(=O)c2ccccc21)C(=O)OCCCN1C(=O)c2ccccc2C1=O. The normalized spacial score (nSPS) is 18.5. The van der Waals surface area contributed by atoms with E-state index in [2.05, 4.69) is 9.71 Å². The Morgan fingerprint density at radius 1 is 1.03 bits per heavy atom. The van der Waals surface area contributed by atoms with E-state index >= 15 is 0 Å². The van der Waals surface area contributed by atoms with Crippen molar-refractivity contribution in [2.75, 3.05) is 13.2 Å². The number of nitrogens with zero attached hydrogens (tertiary/aromatic N) is 2. The molecule has 31 heavy (non-hydrogen) atoms. The lowest BCUT2D eigenvalue weighted by molar-refractivity contribution is -0.144. The quantitative estimate of drug-likeness (QED) is 0.410. The first kappa shape index (κ1) is 20.7. The lowest BCUT2D eigenvalue weighted by Crippen LogP contribution is -2.32. The second-order valence-corrected chi connectivity index (χ2v) is 8.73. The van der Waals surface area contributed by atoms with Gasteiger partial charge in [0, 0.05) is 12.1 Å². The third-order valence-electron chi connectivity index (χ3n) is 4.98. The molecule has 1 N–H and O–H groups in total. The van der Waals surface area contributed by atoms with Crippen LogP contribution >= 0.6 is 0 Å². The van der Waals surface area contributed by atoms with Crippen molar-refractivity contribution in [3.8, 4) is 0 Å². The van der Waals surface area contributed by atoms with Crippen molar-refractivity contribution in [3.05, 3.63) is 65.2 Å². The van der Waals surface area contributed by atoms with Crippen molar-refractivity contribution in [1.29, 1.82) is 0 Å². The standard InChI is InChI=1S/C21H19N3O6S/c1-13(22-18-16-9-4-5-10-17(16)31(28,29)23-18)21(27)30-12-6-11-24-19(25)14-7-2-3-8-15(14)20(24)26/h2-5,7-10,13H,6,11-12H2,1H3,(H,22,23)/t13-/m0/s1. The van der Waals surface area contributed by atoms with Gasteiger partial charge in [0.15, 0.2) is 0 Å². The highest BCUT2D eigenvalue weighted by Crippen LogP contribution is 2.23. The summed E-state index contributed by atoms with van der Waals surface area (Å²) in [7, 11) is -3.69. The second-order valence-electron chi connectivity index (χ2n) is 7.08. The van der Waals surface area contributed by atoms with Crippen molar-refractivity contribution < 1.29 is 27.5 Å². The Labute approximate surface area is 178 Å². The predicted molar refractivity (Wildman–Crippen MR) is 110 cm³/mol. The van der Waals surface area contributed by atoms with Crippen LogP contribution in [0, 0.1) is 0 Å². The number of aliphatic imine (C=N–C) groups is 1. The fourth-order valence-corrected chi connectivity index (χ4v) is 4.67. The van der Waals surface area contributed by atoms with Crippen LogP contribution in [-0.2, 0) is 19.6 Å². The molecule has 0 saturated carbocycles. The predicted octanol–water partition coefficient (Wildman–Crippen LogP) is 1.34. The van der Waals surface area contributed by atoms with E-state index in [9.17, 15) is 22.8 Å². The molecule has 0 bridgehead atoms. The molecule has 2 aromatic rings. The Hall–Kier alpha value is -3.53. The largest absolute Gasteiger partial charge is 0.464 e. The van der Waals surface area contributed by atoms with Crippen molar-refractivity contribution in [2.24, 2.45) is 4.99 Å². The van der Waals surface area contributed by atoms with Gasteiger partial charge in [0.1, 0.15) is 11.9 Å². The molecule has 2 amide bonds. The summed E-state index contributed by atoms with van der Waals surface area (Å²) in [6.07, 6.45) is 0.274. The van der Waals surface area contributed by atoms with Crippen molar-refractivity contribution in [3.63, 3.8) is 0 Å². The number of carbonyl (C=O) groups is 3. The molecule has 0 aliphatic carbocycles. The molecular weight excluding hydrogens is 422 g/mol. The van der Waals surface area contributed by atoms with Crippen LogP contribution in [0.5, 0.6) is 0 Å². The highest BCUT2D eigenvalue weighted by atomic mass is 32.2. The van der Waals surface area contributed by atoms with Crippen LogP contribution in [-0.4, -0.2) is 56.1 Å². The van der Waals surface area contributed by atoms with Gasteiger partial charge in [-0.05, 0) is 37.6 Å². The molecule has 0 unspecified atom stereocenters. The minimum Gasteiger partial charge on any atom is -0.464 e. The zero-order valence-corrected chi connectivity index (χ0v) is 17.4. The molecule has 2 aliphatic heterocycles. The number of hydrogen-bond acceptors (Lipinski definition) is 7. The molecule has 10 heteroatoms. The summed E-state index contributed by atoms with van der Waals surface area (Å²) in [5, 5.41) is 0. The second kappa shape index (κ2) is 7.95. The number of rotatable bonds is 6. The molecule has 2 aromatic carbocycles. The maximum Gasteiger partial charge on any atom is 0.330 e. The van der Waals surface area contributed by atoms with Gasteiger partial charge >= 0.3 is 5.97 Å². The number of hydrogen-bond donors (Lipinski definition) is 1.